The lowest BCUT2D eigenvalue weighted by molar-refractivity contribution is -0.152. The van der Waals surface area contributed by atoms with E-state index in [1.54, 1.807) is 0 Å². The van der Waals surface area contributed by atoms with Gasteiger partial charge in [0.1, 0.15) is 19.3 Å². The fraction of sp³-hybridized carbons (Fsp3) is 0.805. The number of epoxide rings is 1. The minimum atomic E-state index is -0.990. The van der Waals surface area contributed by atoms with E-state index in [4.69, 9.17) is 14.2 Å². The van der Waals surface area contributed by atoms with Crippen molar-refractivity contribution in [3.05, 3.63) is 36.5 Å². The average molecular weight is 661 g/mol. The Balaban J connectivity index is 1.87. The minimum absolute atomic E-state index is 0.136. The van der Waals surface area contributed by atoms with E-state index in [-0.39, 0.29) is 25.2 Å². The lowest BCUT2D eigenvalue weighted by atomic mass is 10.0. The van der Waals surface area contributed by atoms with Gasteiger partial charge in [-0.3, -0.25) is 9.59 Å². The van der Waals surface area contributed by atoms with Gasteiger partial charge in [-0.25, -0.2) is 0 Å². The first-order chi connectivity index (χ1) is 22.9. The second-order valence-corrected chi connectivity index (χ2v) is 13.9. The van der Waals surface area contributed by atoms with Gasteiger partial charge in [0.2, 0.25) is 0 Å². The molecule has 1 heterocycles. The van der Waals surface area contributed by atoms with E-state index in [2.05, 4.69) is 57.2 Å². The van der Waals surface area contributed by atoms with Gasteiger partial charge in [0.25, 0.3) is 0 Å². The van der Waals surface area contributed by atoms with Crippen molar-refractivity contribution in [3.63, 3.8) is 0 Å². The van der Waals surface area contributed by atoms with Crippen LogP contribution >= 0.6 is 0 Å². The number of allylic oxidation sites excluding steroid dienone is 4. The van der Waals surface area contributed by atoms with E-state index in [1.165, 1.54) is 89.9 Å². The first-order valence-electron chi connectivity index (χ1n) is 19.5. The average Bonchev–Trinajstić information content (AvgIpc) is 3.81. The fourth-order valence-corrected chi connectivity index (χ4v) is 5.60. The maximum absolute atomic E-state index is 12.0. The van der Waals surface area contributed by atoms with Gasteiger partial charge in [-0.05, 0) is 57.3 Å². The Bertz CT molecular complexity index is 832. The predicted octanol–water partition coefficient (Wildman–Crippen LogP) is 10.9. The zero-order chi connectivity index (χ0) is 34.2. The number of aliphatic hydroxyl groups is 1. The molecule has 0 spiro atoms. The quantitative estimate of drug-likeness (QED) is 0.0326. The Kier molecular flexibility index (Phi) is 28.8. The van der Waals surface area contributed by atoms with Gasteiger partial charge in [0.15, 0.2) is 0 Å². The normalized spacial score (nSPS) is 17.0. The number of hydrogen-bond donors (Lipinski definition) is 1. The molecule has 272 valence electrons. The molecule has 0 aromatic rings. The maximum Gasteiger partial charge on any atom is 0.305 e. The van der Waals surface area contributed by atoms with Crippen LogP contribution in [0.5, 0.6) is 0 Å². The van der Waals surface area contributed by atoms with E-state index in [9.17, 15) is 14.7 Å². The molecular formula is C41H72O6. The molecule has 1 aliphatic heterocycles. The van der Waals surface area contributed by atoms with Crippen LogP contribution in [-0.4, -0.2) is 48.6 Å². The van der Waals surface area contributed by atoms with E-state index >= 15 is 0 Å². The van der Waals surface area contributed by atoms with Crippen LogP contribution in [-0.2, 0) is 23.8 Å². The molecule has 0 radical (unpaired) electrons. The molecule has 47 heavy (non-hydrogen) atoms. The lowest BCUT2D eigenvalue weighted by Gasteiger charge is -2.12. The van der Waals surface area contributed by atoms with Gasteiger partial charge in [-0.2, -0.15) is 0 Å². The Labute approximate surface area is 289 Å². The number of aliphatic hydroxyl groups excluding tert-OH is 1. The fourth-order valence-electron chi connectivity index (χ4n) is 5.60. The van der Waals surface area contributed by atoms with Crippen LogP contribution < -0.4 is 0 Å². The van der Waals surface area contributed by atoms with Crippen molar-refractivity contribution >= 4 is 11.9 Å². The molecule has 0 bridgehead atoms. The first kappa shape index (κ1) is 43.1. The molecule has 1 N–H and O–H groups in total. The largest absolute Gasteiger partial charge is 0.463 e. The van der Waals surface area contributed by atoms with Gasteiger partial charge < -0.3 is 19.3 Å². The number of esters is 2. The number of carbonyl (C=O) groups excluding carboxylic acids is 2. The summed E-state index contributed by atoms with van der Waals surface area (Å²) in [7, 11) is 0. The molecule has 1 saturated heterocycles. The lowest BCUT2D eigenvalue weighted by Crippen LogP contribution is -2.25. The number of hydrogen-bond acceptors (Lipinski definition) is 6. The van der Waals surface area contributed by atoms with Crippen LogP contribution in [0.2, 0.25) is 0 Å². The summed E-state index contributed by atoms with van der Waals surface area (Å²) < 4.78 is 16.0. The summed E-state index contributed by atoms with van der Waals surface area (Å²) in [6.45, 7) is 6.55. The smallest absolute Gasteiger partial charge is 0.305 e. The zero-order valence-electron chi connectivity index (χ0n) is 30.6. The van der Waals surface area contributed by atoms with Gasteiger partial charge >= 0.3 is 11.9 Å². The van der Waals surface area contributed by atoms with Crippen molar-refractivity contribution in [1.29, 1.82) is 0 Å². The molecule has 1 rings (SSSR count). The Morgan fingerprint density at radius 1 is 0.617 bits per heavy atom. The molecule has 0 aromatic heterocycles. The van der Waals surface area contributed by atoms with Crippen LogP contribution in [0.3, 0.4) is 0 Å². The monoisotopic (exact) mass is 661 g/mol. The summed E-state index contributed by atoms with van der Waals surface area (Å²) in [6, 6.07) is 0. The Hall–Kier alpha value is -1.92. The molecule has 2 unspecified atom stereocenters. The number of rotatable bonds is 33. The third kappa shape index (κ3) is 29.9. The topological polar surface area (TPSA) is 85.4 Å². The van der Waals surface area contributed by atoms with Crippen molar-refractivity contribution in [2.24, 2.45) is 5.92 Å². The second kappa shape index (κ2) is 31.4. The van der Waals surface area contributed by atoms with Crippen LogP contribution in [0.25, 0.3) is 0 Å². The van der Waals surface area contributed by atoms with E-state index in [0.29, 0.717) is 31.5 Å². The van der Waals surface area contributed by atoms with Crippen LogP contribution in [0.4, 0.5) is 0 Å². The summed E-state index contributed by atoms with van der Waals surface area (Å²) in [6.07, 6.45) is 39.4. The second-order valence-electron chi connectivity index (χ2n) is 13.9. The van der Waals surface area contributed by atoms with Crippen molar-refractivity contribution in [1.82, 2.24) is 0 Å². The first-order valence-corrected chi connectivity index (χ1v) is 19.5. The number of ether oxygens (including phenoxy) is 3. The highest BCUT2D eigenvalue weighted by Crippen LogP contribution is 2.29. The zero-order valence-corrected chi connectivity index (χ0v) is 30.6. The van der Waals surface area contributed by atoms with Crippen LogP contribution in [0.1, 0.15) is 175 Å². The molecule has 6 nitrogen and oxygen atoms in total. The van der Waals surface area contributed by atoms with E-state index in [1.807, 2.05) is 0 Å². The van der Waals surface area contributed by atoms with Crippen molar-refractivity contribution in [2.75, 3.05) is 13.2 Å². The molecule has 1 aliphatic rings. The maximum atomic E-state index is 12.0. The molecular weight excluding hydrogens is 588 g/mol. The third-order valence-corrected chi connectivity index (χ3v) is 8.71. The van der Waals surface area contributed by atoms with Gasteiger partial charge in [0.05, 0.1) is 12.2 Å². The number of carbonyl (C=O) groups is 2. The molecule has 0 saturated carbocycles. The van der Waals surface area contributed by atoms with Gasteiger partial charge in [-0.1, -0.05) is 147 Å². The summed E-state index contributed by atoms with van der Waals surface area (Å²) in [4.78, 5) is 23.9. The SMILES string of the molecule is CCCCC/C=C\C/C=C\CC1OC1C/C=C\CCCC(=O)OC[C@H](O)COC(=O)CCCCCCCCCCCCCCC(C)C. The third-order valence-electron chi connectivity index (χ3n) is 8.71. The highest BCUT2D eigenvalue weighted by Gasteiger charge is 2.35. The van der Waals surface area contributed by atoms with Crippen molar-refractivity contribution in [2.45, 2.75) is 193 Å². The van der Waals surface area contributed by atoms with E-state index < -0.39 is 6.10 Å². The van der Waals surface area contributed by atoms with Crippen LogP contribution in [0, 0.1) is 5.92 Å². The highest BCUT2D eigenvalue weighted by atomic mass is 16.6. The van der Waals surface area contributed by atoms with Gasteiger partial charge in [-0.15, -0.1) is 0 Å². The van der Waals surface area contributed by atoms with Gasteiger partial charge in [0, 0.05) is 12.8 Å². The summed E-state index contributed by atoms with van der Waals surface area (Å²) in [5.41, 5.74) is 0. The standard InChI is InChI=1S/C41H72O6/c1-4-5-6-7-8-13-17-20-25-30-38-39(47-38)31-26-22-23-28-33-41(44)46-35-37(42)34-45-40(43)32-27-21-18-15-12-10-9-11-14-16-19-24-29-36(2)3/h8,13,20,22,25-26,36-39,42H,4-7,9-12,14-19,21,23-24,27-35H2,1-3H3/b13-8-,25-20-,26-22-/t37-,38?,39?/m1/s1. The minimum Gasteiger partial charge on any atom is -0.463 e. The number of unbranched alkanes of at least 4 members (excludes halogenated alkanes) is 15. The Morgan fingerprint density at radius 3 is 1.66 bits per heavy atom. The van der Waals surface area contributed by atoms with Crippen LogP contribution in [0.15, 0.2) is 36.5 Å². The molecule has 6 heteroatoms. The Morgan fingerprint density at radius 2 is 1.09 bits per heavy atom. The molecule has 3 atom stereocenters. The van der Waals surface area contributed by atoms with Crippen molar-refractivity contribution in [3.8, 4) is 0 Å². The summed E-state index contributed by atoms with van der Waals surface area (Å²) in [5, 5.41) is 10.0. The summed E-state index contributed by atoms with van der Waals surface area (Å²) >= 11 is 0. The van der Waals surface area contributed by atoms with E-state index in [0.717, 1.165) is 50.9 Å². The molecule has 0 aliphatic carbocycles. The highest BCUT2D eigenvalue weighted by molar-refractivity contribution is 5.69. The predicted molar refractivity (Wildman–Crippen MR) is 195 cm³/mol. The molecule has 1 fully saturated rings. The van der Waals surface area contributed by atoms with Crippen molar-refractivity contribution < 1.29 is 28.9 Å². The molecule has 0 amide bonds. The summed E-state index contributed by atoms with van der Waals surface area (Å²) in [5.74, 6) is 0.203. The molecule has 0 aromatic carbocycles.